The number of hydrogen-bond acceptors (Lipinski definition) is 4. The maximum absolute atomic E-state index is 12.7. The van der Waals surface area contributed by atoms with E-state index in [4.69, 9.17) is 0 Å². The van der Waals surface area contributed by atoms with Gasteiger partial charge < -0.3 is 5.32 Å². The average molecular weight is 314 g/mol. The molecule has 7 heteroatoms. The maximum atomic E-state index is 12.7. The van der Waals surface area contributed by atoms with Crippen molar-refractivity contribution >= 4 is 22.8 Å². The summed E-state index contributed by atoms with van der Waals surface area (Å²) in [5.41, 5.74) is 3.83. The van der Waals surface area contributed by atoms with Crippen LogP contribution in [0.3, 0.4) is 0 Å². The number of amides is 2. The molecule has 1 saturated heterocycles. The number of imidazole rings is 1. The molecule has 23 heavy (non-hydrogen) atoms. The number of aromatic nitrogens is 2. The second-order valence-corrected chi connectivity index (χ2v) is 6.18. The summed E-state index contributed by atoms with van der Waals surface area (Å²) in [7, 11) is 1.75. The van der Waals surface area contributed by atoms with E-state index in [1.165, 1.54) is 11.1 Å². The number of fused-ring (bicyclic) bond motifs is 3. The minimum Gasteiger partial charge on any atom is -0.312 e. The van der Waals surface area contributed by atoms with Crippen LogP contribution >= 0.6 is 0 Å². The molecular weight excluding hydrogens is 296 g/mol. The van der Waals surface area contributed by atoms with Gasteiger partial charge >= 0.3 is 5.69 Å². The van der Waals surface area contributed by atoms with Crippen molar-refractivity contribution < 1.29 is 9.59 Å². The highest BCUT2D eigenvalue weighted by Crippen LogP contribution is 2.28. The van der Waals surface area contributed by atoms with Gasteiger partial charge in [-0.1, -0.05) is 6.07 Å². The Morgan fingerprint density at radius 3 is 2.78 bits per heavy atom. The van der Waals surface area contributed by atoms with Crippen molar-refractivity contribution in [2.24, 2.45) is 7.05 Å². The van der Waals surface area contributed by atoms with Gasteiger partial charge in [0.1, 0.15) is 6.04 Å². The molecule has 2 aliphatic heterocycles. The Kier molecular flexibility index (Phi) is 3.12. The zero-order valence-electron chi connectivity index (χ0n) is 12.9. The molecule has 4 rings (SSSR count). The summed E-state index contributed by atoms with van der Waals surface area (Å²) in [4.78, 5) is 36.3. The molecule has 1 aromatic heterocycles. The van der Waals surface area contributed by atoms with E-state index >= 15 is 0 Å². The van der Waals surface area contributed by atoms with Gasteiger partial charge in [-0.05, 0) is 36.6 Å². The van der Waals surface area contributed by atoms with Crippen molar-refractivity contribution in [3.8, 4) is 0 Å². The van der Waals surface area contributed by atoms with Crippen LogP contribution in [-0.2, 0) is 29.6 Å². The van der Waals surface area contributed by atoms with Crippen LogP contribution in [0.2, 0.25) is 0 Å². The fourth-order valence-electron chi connectivity index (χ4n) is 3.71. The quantitative estimate of drug-likeness (QED) is 0.724. The first-order valence-electron chi connectivity index (χ1n) is 7.84. The Bertz CT molecular complexity index is 893. The van der Waals surface area contributed by atoms with Crippen LogP contribution in [0.4, 0.5) is 0 Å². The van der Waals surface area contributed by atoms with Gasteiger partial charge in [-0.15, -0.1) is 0 Å². The highest BCUT2D eigenvalue weighted by molar-refractivity contribution is 6.00. The number of hydrogen-bond donors (Lipinski definition) is 2. The third kappa shape index (κ3) is 2.03. The molecule has 0 radical (unpaired) electrons. The number of benzene rings is 1. The molecule has 1 aromatic carbocycles. The summed E-state index contributed by atoms with van der Waals surface area (Å²) in [5.74, 6) is -0.668. The normalized spacial score (nSPS) is 21.3. The van der Waals surface area contributed by atoms with Crippen LogP contribution in [0.5, 0.6) is 0 Å². The van der Waals surface area contributed by atoms with Crippen molar-refractivity contribution in [1.29, 1.82) is 0 Å². The highest BCUT2D eigenvalue weighted by Gasteiger charge is 2.32. The van der Waals surface area contributed by atoms with Gasteiger partial charge in [-0.2, -0.15) is 0 Å². The SMILES string of the molecule is Cn1c(=O)n(C2CCC(=O)NC2=O)c2ccc3c(c21)CCNC3. The van der Waals surface area contributed by atoms with Crippen LogP contribution < -0.4 is 16.3 Å². The molecule has 2 amide bonds. The Morgan fingerprint density at radius 2 is 2.00 bits per heavy atom. The van der Waals surface area contributed by atoms with E-state index in [1.807, 2.05) is 12.1 Å². The average Bonchev–Trinajstić information content (AvgIpc) is 2.80. The van der Waals surface area contributed by atoms with Gasteiger partial charge in [-0.3, -0.25) is 24.0 Å². The second kappa shape index (κ2) is 5.06. The van der Waals surface area contributed by atoms with E-state index in [0.29, 0.717) is 6.42 Å². The van der Waals surface area contributed by atoms with E-state index in [0.717, 1.165) is 30.5 Å². The topological polar surface area (TPSA) is 85.1 Å². The molecule has 3 heterocycles. The van der Waals surface area contributed by atoms with E-state index in [2.05, 4.69) is 10.6 Å². The van der Waals surface area contributed by atoms with Gasteiger partial charge in [0, 0.05) is 20.0 Å². The Labute approximate surface area is 132 Å². The van der Waals surface area contributed by atoms with E-state index in [1.54, 1.807) is 16.2 Å². The number of imide groups is 1. The van der Waals surface area contributed by atoms with Crippen molar-refractivity contribution in [1.82, 2.24) is 19.8 Å². The molecule has 120 valence electrons. The van der Waals surface area contributed by atoms with E-state index in [-0.39, 0.29) is 18.0 Å². The lowest BCUT2D eigenvalue weighted by atomic mass is 9.99. The Hall–Kier alpha value is -2.41. The smallest absolute Gasteiger partial charge is 0.312 e. The molecular formula is C16H18N4O3. The predicted octanol–water partition coefficient (Wildman–Crippen LogP) is -0.0366. The number of rotatable bonds is 1. The van der Waals surface area contributed by atoms with E-state index in [9.17, 15) is 14.4 Å². The minimum atomic E-state index is -0.622. The predicted molar refractivity (Wildman–Crippen MR) is 84.0 cm³/mol. The maximum Gasteiger partial charge on any atom is 0.329 e. The Morgan fingerprint density at radius 1 is 1.17 bits per heavy atom. The van der Waals surface area contributed by atoms with Crippen LogP contribution in [0.1, 0.15) is 30.0 Å². The molecule has 0 spiro atoms. The summed E-state index contributed by atoms with van der Waals surface area (Å²) in [5, 5.41) is 5.66. The molecule has 1 unspecified atom stereocenters. The lowest BCUT2D eigenvalue weighted by Crippen LogP contribution is -2.44. The third-order valence-corrected chi connectivity index (χ3v) is 4.84. The van der Waals surface area contributed by atoms with Gasteiger partial charge in [0.2, 0.25) is 11.8 Å². The lowest BCUT2D eigenvalue weighted by molar-refractivity contribution is -0.135. The zero-order valence-corrected chi connectivity index (χ0v) is 12.9. The van der Waals surface area contributed by atoms with Crippen LogP contribution in [-0.4, -0.2) is 27.5 Å². The monoisotopic (exact) mass is 314 g/mol. The molecule has 1 atom stereocenters. The van der Waals surface area contributed by atoms with Gasteiger partial charge in [0.15, 0.2) is 0 Å². The molecule has 2 aromatic rings. The number of carbonyl (C=O) groups is 2. The third-order valence-electron chi connectivity index (χ3n) is 4.84. The van der Waals surface area contributed by atoms with Gasteiger partial charge in [-0.25, -0.2) is 4.79 Å². The number of piperidine rings is 1. The zero-order chi connectivity index (χ0) is 16.1. The first-order chi connectivity index (χ1) is 11.1. The molecule has 7 nitrogen and oxygen atoms in total. The molecule has 0 aliphatic carbocycles. The van der Waals surface area contributed by atoms with Gasteiger partial charge in [0.05, 0.1) is 11.0 Å². The molecule has 1 fully saturated rings. The van der Waals surface area contributed by atoms with Crippen molar-refractivity contribution in [2.75, 3.05) is 6.54 Å². The summed E-state index contributed by atoms with van der Waals surface area (Å²) < 4.78 is 3.17. The van der Waals surface area contributed by atoms with Crippen molar-refractivity contribution in [3.63, 3.8) is 0 Å². The molecule has 0 saturated carbocycles. The molecule has 0 bridgehead atoms. The molecule has 2 aliphatic rings. The largest absolute Gasteiger partial charge is 0.329 e. The molecule has 2 N–H and O–H groups in total. The van der Waals surface area contributed by atoms with Gasteiger partial charge in [0.25, 0.3) is 0 Å². The summed E-state index contributed by atoms with van der Waals surface area (Å²) in [6.45, 7) is 1.67. The van der Waals surface area contributed by atoms with Crippen LogP contribution in [0.25, 0.3) is 11.0 Å². The Balaban J connectivity index is 1.94. The highest BCUT2D eigenvalue weighted by atomic mass is 16.2. The number of nitrogens with one attached hydrogen (secondary N) is 2. The first-order valence-corrected chi connectivity index (χ1v) is 7.84. The number of carbonyl (C=O) groups excluding carboxylic acids is 2. The summed E-state index contributed by atoms with van der Waals surface area (Å²) >= 11 is 0. The fraction of sp³-hybridized carbons (Fsp3) is 0.438. The summed E-state index contributed by atoms with van der Waals surface area (Å²) in [6, 6.07) is 3.31. The first kappa shape index (κ1) is 14.2. The lowest BCUT2D eigenvalue weighted by Gasteiger charge is -2.22. The number of nitrogens with zero attached hydrogens (tertiary/aromatic N) is 2. The fourth-order valence-corrected chi connectivity index (χ4v) is 3.71. The number of aryl methyl sites for hydroxylation is 1. The van der Waals surface area contributed by atoms with Crippen LogP contribution in [0.15, 0.2) is 16.9 Å². The minimum absolute atomic E-state index is 0.207. The summed E-state index contributed by atoms with van der Waals surface area (Å²) in [6.07, 6.45) is 1.48. The standard InChI is InChI=1S/C16H18N4O3/c1-19-14-10-6-7-17-8-9(10)2-3-11(14)20(16(19)23)12-4-5-13(21)18-15(12)22/h2-3,12,17H,4-8H2,1H3,(H,18,21,22). The van der Waals surface area contributed by atoms with Crippen molar-refractivity contribution in [3.05, 3.63) is 33.7 Å². The second-order valence-electron chi connectivity index (χ2n) is 6.18. The van der Waals surface area contributed by atoms with Crippen molar-refractivity contribution in [2.45, 2.75) is 31.8 Å². The van der Waals surface area contributed by atoms with Crippen LogP contribution in [0, 0.1) is 0 Å². The van der Waals surface area contributed by atoms with E-state index < -0.39 is 11.9 Å².